The molecule has 146 valence electrons. The number of fused-ring (bicyclic) bond motifs is 1. The summed E-state index contributed by atoms with van der Waals surface area (Å²) in [4.78, 5) is 18.9. The number of para-hydroxylation sites is 1. The Balaban J connectivity index is 1.68. The summed E-state index contributed by atoms with van der Waals surface area (Å²) < 4.78 is 25.1. The third-order valence-electron chi connectivity index (χ3n) is 5.33. The van der Waals surface area contributed by atoms with Crippen LogP contribution in [0.5, 0.6) is 0 Å². The number of ketones is 1. The monoisotopic (exact) mass is 397 g/mol. The Morgan fingerprint density at radius 2 is 1.61 bits per heavy atom. The van der Waals surface area contributed by atoms with Gasteiger partial charge in [-0.2, -0.15) is 4.31 Å². The lowest BCUT2D eigenvalue weighted by Crippen LogP contribution is -2.50. The van der Waals surface area contributed by atoms with Crippen molar-refractivity contribution >= 4 is 26.7 Å². The van der Waals surface area contributed by atoms with Gasteiger partial charge < -0.3 is 4.98 Å². The van der Waals surface area contributed by atoms with Gasteiger partial charge in [0.15, 0.2) is 5.78 Å². The predicted octanol–water partition coefficient (Wildman–Crippen LogP) is 2.67. The minimum Gasteiger partial charge on any atom is -0.360 e. The highest BCUT2D eigenvalue weighted by Gasteiger charge is 2.33. The SMILES string of the molecule is CS(=O)(=O)N1CCN([C@@H](C(=O)c2c[nH]c3ccccc23)c2ccccc2)CC1. The number of H-pyrrole nitrogens is 1. The fraction of sp³-hybridized carbons (Fsp3) is 0.286. The second-order valence-corrected chi connectivity index (χ2v) is 9.11. The summed E-state index contributed by atoms with van der Waals surface area (Å²) in [5.41, 5.74) is 2.51. The molecule has 0 amide bonds. The molecule has 1 N–H and O–H groups in total. The molecular weight excluding hydrogens is 374 g/mol. The molecule has 28 heavy (non-hydrogen) atoms. The number of hydrogen-bond acceptors (Lipinski definition) is 4. The van der Waals surface area contributed by atoms with Gasteiger partial charge in [-0.15, -0.1) is 0 Å². The van der Waals surface area contributed by atoms with E-state index in [-0.39, 0.29) is 5.78 Å². The summed E-state index contributed by atoms with van der Waals surface area (Å²) in [6.45, 7) is 1.81. The first-order valence-electron chi connectivity index (χ1n) is 9.29. The Morgan fingerprint density at radius 1 is 0.964 bits per heavy atom. The first-order chi connectivity index (χ1) is 13.4. The number of nitrogens with zero attached hydrogens (tertiary/aromatic N) is 2. The quantitative estimate of drug-likeness (QED) is 0.672. The number of hydrogen-bond donors (Lipinski definition) is 1. The summed E-state index contributed by atoms with van der Waals surface area (Å²) >= 11 is 0. The van der Waals surface area contributed by atoms with Crippen molar-refractivity contribution < 1.29 is 13.2 Å². The van der Waals surface area contributed by atoms with Crippen molar-refractivity contribution in [2.45, 2.75) is 6.04 Å². The number of benzene rings is 2. The average Bonchev–Trinajstić information content (AvgIpc) is 3.13. The smallest absolute Gasteiger partial charge is 0.211 e. The van der Waals surface area contributed by atoms with Gasteiger partial charge in [0, 0.05) is 48.8 Å². The average molecular weight is 398 g/mol. The topological polar surface area (TPSA) is 73.5 Å². The van der Waals surface area contributed by atoms with Crippen LogP contribution in [0.4, 0.5) is 0 Å². The van der Waals surface area contributed by atoms with Crippen LogP contribution in [0.1, 0.15) is 22.0 Å². The first-order valence-corrected chi connectivity index (χ1v) is 11.1. The Labute approximate surface area is 164 Å². The van der Waals surface area contributed by atoms with Crippen molar-refractivity contribution in [3.8, 4) is 0 Å². The highest BCUT2D eigenvalue weighted by molar-refractivity contribution is 7.88. The van der Waals surface area contributed by atoms with Gasteiger partial charge in [0.25, 0.3) is 0 Å². The van der Waals surface area contributed by atoms with E-state index < -0.39 is 16.1 Å². The van der Waals surface area contributed by atoms with Crippen LogP contribution in [-0.4, -0.2) is 60.8 Å². The third kappa shape index (κ3) is 3.61. The van der Waals surface area contributed by atoms with E-state index in [0.717, 1.165) is 16.5 Å². The van der Waals surface area contributed by atoms with Crippen LogP contribution in [0.3, 0.4) is 0 Å². The molecule has 1 aromatic heterocycles. The summed E-state index contributed by atoms with van der Waals surface area (Å²) in [7, 11) is -3.22. The van der Waals surface area contributed by atoms with Crippen LogP contribution in [0.2, 0.25) is 0 Å². The van der Waals surface area contributed by atoms with Gasteiger partial charge in [-0.1, -0.05) is 48.5 Å². The predicted molar refractivity (Wildman–Crippen MR) is 110 cm³/mol. The molecule has 1 fully saturated rings. The van der Waals surface area contributed by atoms with Crippen molar-refractivity contribution in [3.63, 3.8) is 0 Å². The number of carbonyl (C=O) groups excluding carboxylic acids is 1. The van der Waals surface area contributed by atoms with Crippen molar-refractivity contribution in [1.29, 1.82) is 0 Å². The van der Waals surface area contributed by atoms with Crippen molar-refractivity contribution in [2.75, 3.05) is 32.4 Å². The van der Waals surface area contributed by atoms with Crippen LogP contribution in [0.25, 0.3) is 10.9 Å². The lowest BCUT2D eigenvalue weighted by atomic mass is 9.95. The Bertz CT molecular complexity index is 1080. The zero-order chi connectivity index (χ0) is 19.7. The minimum absolute atomic E-state index is 0.0245. The molecule has 0 bridgehead atoms. The van der Waals surface area contributed by atoms with Crippen LogP contribution < -0.4 is 0 Å². The number of sulfonamides is 1. The molecule has 1 saturated heterocycles. The maximum atomic E-state index is 13.6. The number of piperazine rings is 1. The molecule has 0 spiro atoms. The number of rotatable bonds is 5. The molecular formula is C21H23N3O3S. The summed E-state index contributed by atoms with van der Waals surface area (Å²) in [5, 5.41) is 0.906. The summed E-state index contributed by atoms with van der Waals surface area (Å²) in [5.74, 6) is 0.0245. The van der Waals surface area contributed by atoms with Crippen molar-refractivity contribution in [3.05, 3.63) is 71.9 Å². The van der Waals surface area contributed by atoms with Gasteiger partial charge in [-0.3, -0.25) is 9.69 Å². The lowest BCUT2D eigenvalue weighted by Gasteiger charge is -2.37. The Kier molecular flexibility index (Phi) is 5.05. The van der Waals surface area contributed by atoms with E-state index in [2.05, 4.69) is 9.88 Å². The van der Waals surface area contributed by atoms with E-state index in [1.165, 1.54) is 10.6 Å². The van der Waals surface area contributed by atoms with E-state index in [4.69, 9.17) is 0 Å². The number of Topliss-reactive ketones (excluding diaryl/α,β-unsaturated/α-hetero) is 1. The van der Waals surface area contributed by atoms with Crippen molar-refractivity contribution in [1.82, 2.24) is 14.2 Å². The van der Waals surface area contributed by atoms with Gasteiger partial charge in [0.1, 0.15) is 0 Å². The van der Waals surface area contributed by atoms with E-state index in [0.29, 0.717) is 31.7 Å². The maximum Gasteiger partial charge on any atom is 0.211 e. The zero-order valence-corrected chi connectivity index (χ0v) is 16.5. The Hall–Kier alpha value is -2.48. The molecule has 3 aromatic rings. The van der Waals surface area contributed by atoms with Crippen LogP contribution >= 0.6 is 0 Å². The minimum atomic E-state index is -3.22. The van der Waals surface area contributed by atoms with E-state index in [1.807, 2.05) is 54.6 Å². The van der Waals surface area contributed by atoms with Gasteiger partial charge in [-0.25, -0.2) is 8.42 Å². The van der Waals surface area contributed by atoms with Crippen LogP contribution in [0, 0.1) is 0 Å². The lowest BCUT2D eigenvalue weighted by molar-refractivity contribution is 0.0755. The number of aromatic amines is 1. The molecule has 1 atom stereocenters. The number of carbonyl (C=O) groups is 1. The van der Waals surface area contributed by atoms with Crippen molar-refractivity contribution in [2.24, 2.45) is 0 Å². The highest BCUT2D eigenvalue weighted by atomic mass is 32.2. The van der Waals surface area contributed by atoms with Gasteiger partial charge in [-0.05, 0) is 11.6 Å². The zero-order valence-electron chi connectivity index (χ0n) is 15.7. The van der Waals surface area contributed by atoms with E-state index in [1.54, 1.807) is 6.20 Å². The molecule has 7 heteroatoms. The first kappa shape index (κ1) is 18.9. The standard InChI is InChI=1S/C21H23N3O3S/c1-28(26,27)24-13-11-23(12-14-24)20(16-7-3-2-4-8-16)21(25)18-15-22-19-10-6-5-9-17(18)19/h2-10,15,20,22H,11-14H2,1H3/t20-/m1/s1. The second kappa shape index (κ2) is 7.50. The number of nitrogens with one attached hydrogen (secondary N) is 1. The normalized spacial score (nSPS) is 17.6. The Morgan fingerprint density at radius 3 is 2.29 bits per heavy atom. The van der Waals surface area contributed by atoms with Gasteiger partial charge in [0.2, 0.25) is 10.0 Å². The third-order valence-corrected chi connectivity index (χ3v) is 6.63. The molecule has 0 aliphatic carbocycles. The molecule has 1 aliphatic heterocycles. The van der Waals surface area contributed by atoms with Gasteiger partial charge in [0.05, 0.1) is 12.3 Å². The maximum absolute atomic E-state index is 13.6. The molecule has 4 rings (SSSR count). The molecule has 2 aromatic carbocycles. The summed E-state index contributed by atoms with van der Waals surface area (Å²) in [6.07, 6.45) is 3.00. The fourth-order valence-electron chi connectivity index (χ4n) is 3.88. The van der Waals surface area contributed by atoms with E-state index >= 15 is 0 Å². The van der Waals surface area contributed by atoms with Gasteiger partial charge >= 0.3 is 0 Å². The highest BCUT2D eigenvalue weighted by Crippen LogP contribution is 2.29. The van der Waals surface area contributed by atoms with Crippen LogP contribution in [0.15, 0.2) is 60.8 Å². The molecule has 1 aliphatic rings. The molecule has 0 radical (unpaired) electrons. The second-order valence-electron chi connectivity index (χ2n) is 7.12. The molecule has 0 saturated carbocycles. The van der Waals surface area contributed by atoms with E-state index in [9.17, 15) is 13.2 Å². The fourth-order valence-corrected chi connectivity index (χ4v) is 4.71. The van der Waals surface area contributed by atoms with Crippen LogP contribution in [-0.2, 0) is 10.0 Å². The molecule has 2 heterocycles. The summed E-state index contributed by atoms with van der Waals surface area (Å²) in [6, 6.07) is 17.0. The molecule has 0 unspecified atom stereocenters. The largest absolute Gasteiger partial charge is 0.360 e. The molecule has 6 nitrogen and oxygen atoms in total. The number of aromatic nitrogens is 1.